The summed E-state index contributed by atoms with van der Waals surface area (Å²) in [6, 6.07) is 15.4. The third-order valence-corrected chi connectivity index (χ3v) is 4.61. The average Bonchev–Trinajstić information content (AvgIpc) is 2.71. The number of aromatic nitrogens is 3. The molecule has 6 nitrogen and oxygen atoms in total. The van der Waals surface area contributed by atoms with Crippen molar-refractivity contribution in [3.63, 3.8) is 0 Å². The number of pyridine rings is 1. The van der Waals surface area contributed by atoms with Crippen LogP contribution in [-0.4, -0.2) is 34.2 Å². The second-order valence-corrected chi connectivity index (χ2v) is 6.29. The van der Waals surface area contributed by atoms with Crippen LogP contribution in [0.5, 0.6) is 0 Å². The highest BCUT2D eigenvalue weighted by Crippen LogP contribution is 2.25. The van der Waals surface area contributed by atoms with Crippen LogP contribution in [0.4, 0.5) is 5.95 Å². The van der Waals surface area contributed by atoms with E-state index in [2.05, 4.69) is 22.0 Å². The highest BCUT2D eigenvalue weighted by atomic mass is 35.5. The molecule has 0 spiro atoms. The summed E-state index contributed by atoms with van der Waals surface area (Å²) in [6.07, 6.45) is 3.37. The molecule has 0 N–H and O–H groups in total. The summed E-state index contributed by atoms with van der Waals surface area (Å²) >= 11 is 0. The van der Waals surface area contributed by atoms with E-state index in [1.807, 2.05) is 30.3 Å². The van der Waals surface area contributed by atoms with E-state index in [4.69, 9.17) is 9.72 Å². The van der Waals surface area contributed by atoms with Gasteiger partial charge in [-0.1, -0.05) is 30.3 Å². The predicted octanol–water partition coefficient (Wildman–Crippen LogP) is 2.84. The number of halogens is 1. The standard InChI is InChI=1S/C20H20N4O2.ClH/c1-23-19(25)13-17(15-7-9-21-10-8-15)22-20(23)24-11-12-26-18(14-24)16-5-3-2-4-6-16;/h2-10,13,18H,11-12,14H2,1H3;1H/t18-;/m0./s1. The number of nitrogens with zero attached hydrogens (tertiary/aromatic N) is 4. The molecule has 1 aromatic carbocycles. The monoisotopic (exact) mass is 384 g/mol. The van der Waals surface area contributed by atoms with Crippen molar-refractivity contribution >= 4 is 18.4 Å². The first-order valence-corrected chi connectivity index (χ1v) is 8.62. The van der Waals surface area contributed by atoms with Crippen molar-refractivity contribution in [1.29, 1.82) is 0 Å². The zero-order chi connectivity index (χ0) is 17.9. The van der Waals surface area contributed by atoms with E-state index in [1.165, 1.54) is 0 Å². The van der Waals surface area contributed by atoms with E-state index in [9.17, 15) is 4.79 Å². The molecule has 27 heavy (non-hydrogen) atoms. The fraction of sp³-hybridized carbons (Fsp3) is 0.250. The Kier molecular flexibility index (Phi) is 5.88. The van der Waals surface area contributed by atoms with Gasteiger partial charge in [0.05, 0.1) is 18.8 Å². The van der Waals surface area contributed by atoms with Gasteiger partial charge in [-0.15, -0.1) is 12.4 Å². The normalized spacial score (nSPS) is 16.6. The molecule has 0 aliphatic carbocycles. The first-order chi connectivity index (χ1) is 12.7. The molecule has 140 valence electrons. The predicted molar refractivity (Wildman–Crippen MR) is 107 cm³/mol. The second-order valence-electron chi connectivity index (χ2n) is 6.29. The van der Waals surface area contributed by atoms with E-state index in [0.717, 1.165) is 11.1 Å². The molecule has 0 saturated carbocycles. The van der Waals surface area contributed by atoms with Crippen LogP contribution in [0.1, 0.15) is 11.7 Å². The molecule has 0 bridgehead atoms. The van der Waals surface area contributed by atoms with E-state index < -0.39 is 0 Å². The first-order valence-electron chi connectivity index (χ1n) is 8.62. The summed E-state index contributed by atoms with van der Waals surface area (Å²) in [5.41, 5.74) is 2.59. The van der Waals surface area contributed by atoms with Gasteiger partial charge in [0.2, 0.25) is 5.95 Å². The number of morpholine rings is 1. The third-order valence-electron chi connectivity index (χ3n) is 4.61. The summed E-state index contributed by atoms with van der Waals surface area (Å²) < 4.78 is 7.53. The minimum atomic E-state index is -0.0791. The van der Waals surface area contributed by atoms with Crippen LogP contribution in [0.2, 0.25) is 0 Å². The molecule has 4 rings (SSSR count). The molecule has 2 aromatic heterocycles. The molecule has 1 fully saturated rings. The van der Waals surface area contributed by atoms with Gasteiger partial charge < -0.3 is 9.64 Å². The average molecular weight is 385 g/mol. The Bertz CT molecular complexity index is 947. The van der Waals surface area contributed by atoms with Crippen LogP contribution >= 0.6 is 12.4 Å². The van der Waals surface area contributed by atoms with E-state index in [-0.39, 0.29) is 24.1 Å². The van der Waals surface area contributed by atoms with Gasteiger partial charge in [0.15, 0.2) is 0 Å². The van der Waals surface area contributed by atoms with Crippen LogP contribution < -0.4 is 10.5 Å². The van der Waals surface area contributed by atoms with Gasteiger partial charge in [-0.2, -0.15) is 0 Å². The van der Waals surface area contributed by atoms with Gasteiger partial charge in [-0.25, -0.2) is 4.98 Å². The molecule has 1 aliphatic rings. The van der Waals surface area contributed by atoms with Gasteiger partial charge in [-0.3, -0.25) is 14.3 Å². The zero-order valence-corrected chi connectivity index (χ0v) is 15.8. The fourth-order valence-electron chi connectivity index (χ4n) is 3.18. The summed E-state index contributed by atoms with van der Waals surface area (Å²) in [5.74, 6) is 0.661. The molecule has 0 amide bonds. The van der Waals surface area contributed by atoms with Crippen LogP contribution in [0.3, 0.4) is 0 Å². The van der Waals surface area contributed by atoms with Crippen LogP contribution in [0.25, 0.3) is 11.3 Å². The number of rotatable bonds is 3. The largest absolute Gasteiger partial charge is 0.370 e. The topological polar surface area (TPSA) is 60.2 Å². The number of anilines is 1. The molecular weight excluding hydrogens is 364 g/mol. The second kappa shape index (κ2) is 8.33. The van der Waals surface area contributed by atoms with Crippen molar-refractivity contribution in [2.75, 3.05) is 24.6 Å². The van der Waals surface area contributed by atoms with Gasteiger partial charge in [0.25, 0.3) is 5.56 Å². The lowest BCUT2D eigenvalue weighted by Crippen LogP contribution is -2.41. The van der Waals surface area contributed by atoms with Crippen LogP contribution in [0.15, 0.2) is 65.7 Å². The zero-order valence-electron chi connectivity index (χ0n) is 15.0. The van der Waals surface area contributed by atoms with Crippen molar-refractivity contribution in [1.82, 2.24) is 14.5 Å². The Labute approximate surface area is 163 Å². The van der Waals surface area contributed by atoms with Gasteiger partial charge >= 0.3 is 0 Å². The molecule has 1 atom stereocenters. The SMILES string of the molecule is Cl.Cn1c(N2CCO[C@H](c3ccccc3)C2)nc(-c2ccncc2)cc1=O. The summed E-state index contributed by atoms with van der Waals surface area (Å²) in [6.45, 7) is 1.95. The summed E-state index contributed by atoms with van der Waals surface area (Å²) in [5, 5.41) is 0. The third kappa shape index (κ3) is 4.02. The van der Waals surface area contributed by atoms with Crippen molar-refractivity contribution < 1.29 is 4.74 Å². The minimum Gasteiger partial charge on any atom is -0.370 e. The lowest BCUT2D eigenvalue weighted by atomic mass is 10.1. The Morgan fingerprint density at radius 3 is 2.59 bits per heavy atom. The number of hydrogen-bond donors (Lipinski definition) is 0. The van der Waals surface area contributed by atoms with Gasteiger partial charge in [0, 0.05) is 37.6 Å². The Morgan fingerprint density at radius 1 is 1.11 bits per heavy atom. The van der Waals surface area contributed by atoms with E-state index >= 15 is 0 Å². The first kappa shape index (κ1) is 19.1. The van der Waals surface area contributed by atoms with Crippen LogP contribution in [-0.2, 0) is 11.8 Å². The molecule has 7 heteroatoms. The fourth-order valence-corrected chi connectivity index (χ4v) is 3.18. The quantitative estimate of drug-likeness (QED) is 0.695. The molecule has 1 saturated heterocycles. The summed E-state index contributed by atoms with van der Waals surface area (Å²) in [4.78, 5) is 23.4. The number of benzene rings is 1. The Hall–Kier alpha value is -2.70. The maximum Gasteiger partial charge on any atom is 0.255 e. The maximum atomic E-state index is 12.5. The Balaban J connectivity index is 0.00000210. The summed E-state index contributed by atoms with van der Waals surface area (Å²) in [7, 11) is 1.76. The molecular formula is C20H21ClN4O2. The lowest BCUT2D eigenvalue weighted by molar-refractivity contribution is 0.0390. The van der Waals surface area contributed by atoms with Crippen LogP contribution in [0, 0.1) is 0 Å². The van der Waals surface area contributed by atoms with E-state index in [1.54, 1.807) is 30.1 Å². The van der Waals surface area contributed by atoms with Crippen molar-refractivity contribution in [2.45, 2.75) is 6.10 Å². The molecule has 3 aromatic rings. The van der Waals surface area contributed by atoms with Crippen molar-refractivity contribution in [3.05, 3.63) is 76.8 Å². The molecule has 0 unspecified atom stereocenters. The lowest BCUT2D eigenvalue weighted by Gasteiger charge is -2.34. The number of hydrogen-bond acceptors (Lipinski definition) is 5. The van der Waals surface area contributed by atoms with Crippen molar-refractivity contribution in [2.24, 2.45) is 7.05 Å². The smallest absolute Gasteiger partial charge is 0.255 e. The van der Waals surface area contributed by atoms with Gasteiger partial charge in [0.1, 0.15) is 6.10 Å². The molecule has 1 aliphatic heterocycles. The highest BCUT2D eigenvalue weighted by molar-refractivity contribution is 5.85. The molecule has 0 radical (unpaired) electrons. The van der Waals surface area contributed by atoms with E-state index in [0.29, 0.717) is 31.3 Å². The van der Waals surface area contributed by atoms with Gasteiger partial charge in [-0.05, 0) is 17.7 Å². The number of ether oxygens (including phenoxy) is 1. The Morgan fingerprint density at radius 2 is 1.85 bits per heavy atom. The maximum absolute atomic E-state index is 12.5. The highest BCUT2D eigenvalue weighted by Gasteiger charge is 2.25. The molecule has 3 heterocycles. The minimum absolute atomic E-state index is 0. The van der Waals surface area contributed by atoms with Crippen molar-refractivity contribution in [3.8, 4) is 11.3 Å².